The van der Waals surface area contributed by atoms with E-state index in [9.17, 15) is 9.90 Å². The average molecular weight is 475 g/mol. The zero-order valence-electron chi connectivity index (χ0n) is 20.9. The number of hydrogen-bond donors (Lipinski definition) is 1. The summed E-state index contributed by atoms with van der Waals surface area (Å²) in [5, 5.41) is 10.8. The first kappa shape index (κ1) is 24.2. The Balaban J connectivity index is 1.23. The Morgan fingerprint density at radius 2 is 1.86 bits per heavy atom. The number of aliphatic imine (C=N–C) groups is 1. The number of carbonyl (C=O) groups excluding carboxylic acids is 1. The van der Waals surface area contributed by atoms with Crippen molar-refractivity contribution in [1.82, 2.24) is 4.98 Å². The van der Waals surface area contributed by atoms with E-state index in [0.29, 0.717) is 18.4 Å². The van der Waals surface area contributed by atoms with Gasteiger partial charge in [-0.05, 0) is 75.3 Å². The van der Waals surface area contributed by atoms with E-state index < -0.39 is 5.60 Å². The van der Waals surface area contributed by atoms with Gasteiger partial charge < -0.3 is 9.84 Å². The third-order valence-electron chi connectivity index (χ3n) is 7.94. The molecule has 0 radical (unpaired) electrons. The van der Waals surface area contributed by atoms with Gasteiger partial charge in [-0.3, -0.25) is 9.79 Å². The molecule has 3 aliphatic rings. The predicted molar refractivity (Wildman–Crippen MR) is 138 cm³/mol. The Bertz CT molecular complexity index is 1050. The number of rotatable bonds is 10. The number of ether oxygens (including phenoxy) is 1. The first-order valence-corrected chi connectivity index (χ1v) is 13.5. The summed E-state index contributed by atoms with van der Waals surface area (Å²) in [5.41, 5.74) is 2.88. The molecule has 1 aliphatic heterocycles. The number of pyridine rings is 1. The molecule has 0 saturated heterocycles. The quantitative estimate of drug-likeness (QED) is 0.427. The Labute approximate surface area is 209 Å². The molecule has 2 saturated carbocycles. The van der Waals surface area contributed by atoms with Gasteiger partial charge in [-0.25, -0.2) is 4.98 Å². The number of ketones is 1. The van der Waals surface area contributed by atoms with Gasteiger partial charge in [0.15, 0.2) is 0 Å². The molecule has 5 nitrogen and oxygen atoms in total. The van der Waals surface area contributed by atoms with Crippen LogP contribution in [0.4, 0.5) is 5.69 Å². The van der Waals surface area contributed by atoms with Crippen LogP contribution in [-0.2, 0) is 16.8 Å². The van der Waals surface area contributed by atoms with E-state index in [0.717, 1.165) is 73.7 Å². The van der Waals surface area contributed by atoms with Crippen LogP contribution in [0.3, 0.4) is 0 Å². The summed E-state index contributed by atoms with van der Waals surface area (Å²) in [5.74, 6) is 2.29. The van der Waals surface area contributed by atoms with Crippen molar-refractivity contribution in [3.05, 3.63) is 53.7 Å². The first-order valence-electron chi connectivity index (χ1n) is 13.5. The number of aliphatic hydroxyl groups is 1. The molecular weight excluding hydrogens is 436 g/mol. The highest BCUT2D eigenvalue weighted by Crippen LogP contribution is 2.40. The van der Waals surface area contributed by atoms with Gasteiger partial charge in [-0.1, -0.05) is 49.6 Å². The molecule has 1 N–H and O–H groups in total. The van der Waals surface area contributed by atoms with Gasteiger partial charge in [0.1, 0.15) is 11.9 Å². The van der Waals surface area contributed by atoms with Crippen molar-refractivity contribution in [3.8, 4) is 5.88 Å². The Hall–Kier alpha value is -2.53. The van der Waals surface area contributed by atoms with Gasteiger partial charge in [0.25, 0.3) is 0 Å². The van der Waals surface area contributed by atoms with Crippen molar-refractivity contribution >= 4 is 17.2 Å². The lowest BCUT2D eigenvalue weighted by atomic mass is 9.71. The SMILES string of the molecule is CC(O)(CC(=O)CCC/C1=N/c2ccc(OC3CC3)nc2CCC(C2CCC2)C1)c1ccccc1. The molecule has 186 valence electrons. The molecular formula is C30H38N2O3. The summed E-state index contributed by atoms with van der Waals surface area (Å²) in [6.07, 6.45) is 11.9. The summed E-state index contributed by atoms with van der Waals surface area (Å²) in [6, 6.07) is 13.5. The van der Waals surface area contributed by atoms with E-state index in [1.165, 1.54) is 25.0 Å². The lowest BCUT2D eigenvalue weighted by molar-refractivity contribution is -0.123. The summed E-state index contributed by atoms with van der Waals surface area (Å²) >= 11 is 0. The number of hydrogen-bond acceptors (Lipinski definition) is 5. The van der Waals surface area contributed by atoms with Gasteiger partial charge in [0.05, 0.1) is 17.0 Å². The van der Waals surface area contributed by atoms with Crippen molar-refractivity contribution in [2.75, 3.05) is 0 Å². The second kappa shape index (κ2) is 10.6. The highest BCUT2D eigenvalue weighted by atomic mass is 16.5. The predicted octanol–water partition coefficient (Wildman–Crippen LogP) is 6.49. The number of benzene rings is 1. The molecule has 1 aromatic carbocycles. The number of Topliss-reactive ketones (excluding diaryl/α,β-unsaturated/α-hetero) is 1. The fraction of sp³-hybridized carbons (Fsp3) is 0.567. The van der Waals surface area contributed by atoms with Gasteiger partial charge >= 0.3 is 0 Å². The van der Waals surface area contributed by atoms with Crippen LogP contribution >= 0.6 is 0 Å². The van der Waals surface area contributed by atoms with E-state index in [-0.39, 0.29) is 12.2 Å². The molecule has 2 unspecified atom stereocenters. The van der Waals surface area contributed by atoms with Crippen molar-refractivity contribution in [2.45, 2.75) is 95.7 Å². The fourth-order valence-electron chi connectivity index (χ4n) is 5.46. The third kappa shape index (κ3) is 6.38. The largest absolute Gasteiger partial charge is 0.474 e. The molecule has 5 rings (SSSR count). The molecule has 5 heteroatoms. The molecule has 2 atom stereocenters. The van der Waals surface area contributed by atoms with Crippen LogP contribution in [0.5, 0.6) is 5.88 Å². The van der Waals surface area contributed by atoms with Gasteiger partial charge in [0.2, 0.25) is 5.88 Å². The summed E-state index contributed by atoms with van der Waals surface area (Å²) in [4.78, 5) is 22.6. The summed E-state index contributed by atoms with van der Waals surface area (Å²) in [6.45, 7) is 1.73. The zero-order valence-corrected chi connectivity index (χ0v) is 20.9. The first-order chi connectivity index (χ1) is 17.0. The van der Waals surface area contributed by atoms with Crippen LogP contribution in [0.1, 0.15) is 88.8 Å². The highest BCUT2D eigenvalue weighted by Gasteiger charge is 2.30. The molecule has 0 spiro atoms. The fourth-order valence-corrected chi connectivity index (χ4v) is 5.46. The molecule has 1 aromatic heterocycles. The van der Waals surface area contributed by atoms with Crippen LogP contribution in [0.15, 0.2) is 47.5 Å². The Morgan fingerprint density at radius 1 is 1.06 bits per heavy atom. The normalized spacial score (nSPS) is 23.6. The van der Waals surface area contributed by atoms with Crippen molar-refractivity contribution in [3.63, 3.8) is 0 Å². The van der Waals surface area contributed by atoms with Crippen LogP contribution in [-0.4, -0.2) is 27.7 Å². The number of nitrogens with zero attached hydrogens (tertiary/aromatic N) is 2. The molecule has 2 heterocycles. The standard InChI is InChI=1S/C30H38N2O3/c1-30(34,23-9-3-2-4-10-23)20-25(33)12-6-11-24-19-22(21-7-5-8-21)13-16-28-27(31-24)17-18-29(32-28)35-26-14-15-26/h2-4,9-10,17-18,21-22,26,34H,5-8,11-16,19-20H2,1H3/b31-24-. The maximum Gasteiger partial charge on any atom is 0.213 e. The topological polar surface area (TPSA) is 71.8 Å². The second-order valence-corrected chi connectivity index (χ2v) is 11.0. The molecule has 2 fully saturated rings. The summed E-state index contributed by atoms with van der Waals surface area (Å²) < 4.78 is 5.94. The average Bonchev–Trinajstić information content (AvgIpc) is 3.60. The van der Waals surface area contributed by atoms with Crippen molar-refractivity contribution < 1.29 is 14.6 Å². The minimum absolute atomic E-state index is 0.102. The van der Waals surface area contributed by atoms with Crippen LogP contribution in [0, 0.1) is 11.8 Å². The maximum atomic E-state index is 12.7. The highest BCUT2D eigenvalue weighted by molar-refractivity contribution is 5.88. The van der Waals surface area contributed by atoms with Crippen molar-refractivity contribution in [1.29, 1.82) is 0 Å². The third-order valence-corrected chi connectivity index (χ3v) is 7.94. The van der Waals surface area contributed by atoms with Gasteiger partial charge in [0, 0.05) is 24.6 Å². The molecule has 0 bridgehead atoms. The van der Waals surface area contributed by atoms with Gasteiger partial charge in [-0.15, -0.1) is 0 Å². The monoisotopic (exact) mass is 474 g/mol. The van der Waals surface area contributed by atoms with E-state index >= 15 is 0 Å². The lowest BCUT2D eigenvalue weighted by Crippen LogP contribution is -2.26. The van der Waals surface area contributed by atoms with E-state index in [4.69, 9.17) is 14.7 Å². The number of carbonyl (C=O) groups is 1. The number of aryl methyl sites for hydroxylation is 1. The van der Waals surface area contributed by atoms with Crippen LogP contribution < -0.4 is 4.74 Å². The summed E-state index contributed by atoms with van der Waals surface area (Å²) in [7, 11) is 0. The van der Waals surface area contributed by atoms with Gasteiger partial charge in [-0.2, -0.15) is 0 Å². The molecule has 35 heavy (non-hydrogen) atoms. The maximum absolute atomic E-state index is 12.7. The molecule has 2 aromatic rings. The van der Waals surface area contributed by atoms with E-state index in [1.807, 2.05) is 36.4 Å². The smallest absolute Gasteiger partial charge is 0.213 e. The molecule has 2 aliphatic carbocycles. The Kier molecular flexibility index (Phi) is 7.33. The lowest BCUT2D eigenvalue weighted by Gasteiger charge is -2.35. The van der Waals surface area contributed by atoms with E-state index in [2.05, 4.69) is 6.07 Å². The Morgan fingerprint density at radius 3 is 2.57 bits per heavy atom. The molecule has 0 amide bonds. The van der Waals surface area contributed by atoms with Crippen LogP contribution in [0.25, 0.3) is 0 Å². The zero-order chi connectivity index (χ0) is 24.3. The number of fused-ring (bicyclic) bond motifs is 1. The number of aromatic nitrogens is 1. The van der Waals surface area contributed by atoms with E-state index in [1.54, 1.807) is 6.92 Å². The van der Waals surface area contributed by atoms with Crippen molar-refractivity contribution in [2.24, 2.45) is 16.8 Å². The minimum atomic E-state index is -1.13. The minimum Gasteiger partial charge on any atom is -0.474 e. The van der Waals surface area contributed by atoms with Crippen LogP contribution in [0.2, 0.25) is 0 Å². The second-order valence-electron chi connectivity index (χ2n) is 11.0.